The number of carbonyl (C=O) groups excluding carboxylic acids is 1. The molecule has 146 valence electrons. The zero-order valence-electron chi connectivity index (χ0n) is 16.8. The molecule has 0 aliphatic carbocycles. The highest BCUT2D eigenvalue weighted by molar-refractivity contribution is 5.95. The van der Waals surface area contributed by atoms with Crippen molar-refractivity contribution < 1.29 is 9.21 Å². The van der Waals surface area contributed by atoms with Gasteiger partial charge in [0, 0.05) is 35.9 Å². The van der Waals surface area contributed by atoms with E-state index < -0.39 is 0 Å². The standard InChI is InChI=1S/C23H27N3O2/c1-4-17-14-22(19-7-5-6-8-21(19)24-17)26-11-9-18(10-12-26)25-23(27)20-13-15(2)28-16(20)3/h5-8,13-14,18H,4,9-12H2,1-3H3,(H,25,27). The molecule has 1 aliphatic heterocycles. The number of furan rings is 1. The van der Waals surface area contributed by atoms with Crippen molar-refractivity contribution in [1.82, 2.24) is 10.3 Å². The van der Waals surface area contributed by atoms with Crippen LogP contribution in [0.1, 0.15) is 47.3 Å². The van der Waals surface area contributed by atoms with Gasteiger partial charge in [-0.2, -0.15) is 0 Å². The van der Waals surface area contributed by atoms with E-state index in [9.17, 15) is 4.79 Å². The fourth-order valence-electron chi connectivity index (χ4n) is 4.04. The molecule has 0 saturated carbocycles. The summed E-state index contributed by atoms with van der Waals surface area (Å²) in [6.07, 6.45) is 2.79. The highest BCUT2D eigenvalue weighted by Crippen LogP contribution is 2.29. The first-order valence-corrected chi connectivity index (χ1v) is 10.1. The first-order valence-electron chi connectivity index (χ1n) is 10.1. The highest BCUT2D eigenvalue weighted by atomic mass is 16.3. The van der Waals surface area contributed by atoms with Gasteiger partial charge in [-0.1, -0.05) is 25.1 Å². The number of nitrogens with one attached hydrogen (secondary N) is 1. The molecule has 5 heteroatoms. The van der Waals surface area contributed by atoms with Crippen LogP contribution in [0.25, 0.3) is 10.9 Å². The van der Waals surface area contributed by atoms with E-state index in [4.69, 9.17) is 9.40 Å². The molecule has 5 nitrogen and oxygen atoms in total. The molecule has 0 radical (unpaired) electrons. The molecule has 1 N–H and O–H groups in total. The highest BCUT2D eigenvalue weighted by Gasteiger charge is 2.24. The molecular weight excluding hydrogens is 350 g/mol. The molecule has 3 aromatic rings. The Labute approximate surface area is 165 Å². The Hall–Kier alpha value is -2.82. The Bertz CT molecular complexity index is 1000. The quantitative estimate of drug-likeness (QED) is 0.732. The van der Waals surface area contributed by atoms with Crippen LogP contribution >= 0.6 is 0 Å². The molecule has 4 rings (SSSR count). The predicted molar refractivity (Wildman–Crippen MR) is 112 cm³/mol. The fourth-order valence-corrected chi connectivity index (χ4v) is 4.04. The monoisotopic (exact) mass is 377 g/mol. The van der Waals surface area contributed by atoms with Crippen LogP contribution < -0.4 is 10.2 Å². The number of carbonyl (C=O) groups is 1. The summed E-state index contributed by atoms with van der Waals surface area (Å²) >= 11 is 0. The number of benzene rings is 1. The Morgan fingerprint density at radius 2 is 1.96 bits per heavy atom. The van der Waals surface area contributed by atoms with Crippen molar-refractivity contribution in [2.45, 2.75) is 46.1 Å². The summed E-state index contributed by atoms with van der Waals surface area (Å²) in [4.78, 5) is 19.7. The number of piperidine rings is 1. The smallest absolute Gasteiger partial charge is 0.255 e. The minimum atomic E-state index is -0.0320. The maximum Gasteiger partial charge on any atom is 0.255 e. The summed E-state index contributed by atoms with van der Waals surface area (Å²) in [5.41, 5.74) is 4.08. The summed E-state index contributed by atoms with van der Waals surface area (Å²) in [6.45, 7) is 7.69. The molecule has 1 aliphatic rings. The summed E-state index contributed by atoms with van der Waals surface area (Å²) < 4.78 is 5.49. The second-order valence-electron chi connectivity index (χ2n) is 7.57. The van der Waals surface area contributed by atoms with Crippen molar-refractivity contribution >= 4 is 22.5 Å². The second-order valence-corrected chi connectivity index (χ2v) is 7.57. The molecule has 0 spiro atoms. The maximum absolute atomic E-state index is 12.6. The SMILES string of the molecule is CCc1cc(N2CCC(NC(=O)c3cc(C)oc3C)CC2)c2ccccc2n1. The Kier molecular flexibility index (Phi) is 5.07. The minimum absolute atomic E-state index is 0.0320. The van der Waals surface area contributed by atoms with Crippen LogP contribution in [0.3, 0.4) is 0 Å². The number of hydrogen-bond acceptors (Lipinski definition) is 4. The van der Waals surface area contributed by atoms with E-state index in [1.807, 2.05) is 26.0 Å². The van der Waals surface area contributed by atoms with Gasteiger partial charge < -0.3 is 14.6 Å². The van der Waals surface area contributed by atoms with Gasteiger partial charge in [-0.15, -0.1) is 0 Å². The van der Waals surface area contributed by atoms with Crippen molar-refractivity contribution in [2.75, 3.05) is 18.0 Å². The Balaban J connectivity index is 1.47. The Morgan fingerprint density at radius 3 is 2.64 bits per heavy atom. The third-order valence-corrected chi connectivity index (χ3v) is 5.57. The molecule has 3 heterocycles. The first-order chi connectivity index (χ1) is 13.5. The van der Waals surface area contributed by atoms with E-state index in [-0.39, 0.29) is 11.9 Å². The van der Waals surface area contributed by atoms with Gasteiger partial charge in [-0.05, 0) is 51.3 Å². The normalized spacial score (nSPS) is 15.2. The van der Waals surface area contributed by atoms with Crippen LogP contribution in [0.4, 0.5) is 5.69 Å². The van der Waals surface area contributed by atoms with Crippen molar-refractivity contribution in [3.8, 4) is 0 Å². The lowest BCUT2D eigenvalue weighted by Gasteiger charge is -2.34. The fraction of sp³-hybridized carbons (Fsp3) is 0.391. The number of aromatic nitrogens is 1. The molecule has 2 aromatic heterocycles. The first kappa shape index (κ1) is 18.5. The number of anilines is 1. The molecule has 0 bridgehead atoms. The third-order valence-electron chi connectivity index (χ3n) is 5.57. The zero-order valence-corrected chi connectivity index (χ0v) is 16.8. The lowest BCUT2D eigenvalue weighted by atomic mass is 10.0. The number of nitrogens with zero attached hydrogens (tertiary/aromatic N) is 2. The molecule has 1 fully saturated rings. The summed E-state index contributed by atoms with van der Waals surface area (Å²) in [5, 5.41) is 4.38. The van der Waals surface area contributed by atoms with E-state index in [0.717, 1.165) is 49.3 Å². The van der Waals surface area contributed by atoms with Gasteiger partial charge >= 0.3 is 0 Å². The predicted octanol–water partition coefficient (Wildman–Crippen LogP) is 4.41. The largest absolute Gasteiger partial charge is 0.466 e. The van der Waals surface area contributed by atoms with Crippen LogP contribution in [0.2, 0.25) is 0 Å². The number of para-hydroxylation sites is 1. The van der Waals surface area contributed by atoms with Crippen molar-refractivity contribution in [3.05, 3.63) is 59.2 Å². The van der Waals surface area contributed by atoms with Crippen LogP contribution in [-0.2, 0) is 6.42 Å². The lowest BCUT2D eigenvalue weighted by Crippen LogP contribution is -2.44. The molecule has 1 saturated heterocycles. The van der Waals surface area contributed by atoms with Gasteiger partial charge in [0.05, 0.1) is 11.1 Å². The number of hydrogen-bond donors (Lipinski definition) is 1. The molecule has 28 heavy (non-hydrogen) atoms. The topological polar surface area (TPSA) is 58.4 Å². The van der Waals surface area contributed by atoms with E-state index in [0.29, 0.717) is 11.3 Å². The number of fused-ring (bicyclic) bond motifs is 1. The van der Waals surface area contributed by atoms with E-state index >= 15 is 0 Å². The number of rotatable bonds is 4. The summed E-state index contributed by atoms with van der Waals surface area (Å²) in [5.74, 6) is 1.42. The molecule has 1 aromatic carbocycles. The summed E-state index contributed by atoms with van der Waals surface area (Å²) in [6, 6.07) is 12.6. The zero-order chi connectivity index (χ0) is 19.7. The maximum atomic E-state index is 12.6. The molecule has 0 unspecified atom stereocenters. The average molecular weight is 377 g/mol. The van der Waals surface area contributed by atoms with Crippen LogP contribution in [-0.4, -0.2) is 30.0 Å². The summed E-state index contributed by atoms with van der Waals surface area (Å²) in [7, 11) is 0. The minimum Gasteiger partial charge on any atom is -0.466 e. The Morgan fingerprint density at radius 1 is 1.21 bits per heavy atom. The number of pyridine rings is 1. The van der Waals surface area contributed by atoms with Crippen LogP contribution in [0, 0.1) is 13.8 Å². The molecular formula is C23H27N3O2. The van der Waals surface area contributed by atoms with Crippen molar-refractivity contribution in [1.29, 1.82) is 0 Å². The third kappa shape index (κ3) is 3.61. The lowest BCUT2D eigenvalue weighted by molar-refractivity contribution is 0.0929. The van der Waals surface area contributed by atoms with Crippen molar-refractivity contribution in [3.63, 3.8) is 0 Å². The number of aryl methyl sites for hydroxylation is 3. The van der Waals surface area contributed by atoms with Gasteiger partial charge in [0.1, 0.15) is 11.5 Å². The van der Waals surface area contributed by atoms with E-state index in [1.165, 1.54) is 11.1 Å². The van der Waals surface area contributed by atoms with E-state index in [2.05, 4.69) is 41.4 Å². The van der Waals surface area contributed by atoms with Crippen LogP contribution in [0.5, 0.6) is 0 Å². The average Bonchev–Trinajstić information content (AvgIpc) is 3.06. The molecule has 1 amide bonds. The van der Waals surface area contributed by atoms with Gasteiger partial charge in [-0.25, -0.2) is 0 Å². The van der Waals surface area contributed by atoms with Crippen molar-refractivity contribution in [2.24, 2.45) is 0 Å². The van der Waals surface area contributed by atoms with Gasteiger partial charge in [0.15, 0.2) is 0 Å². The van der Waals surface area contributed by atoms with Crippen LogP contribution in [0.15, 0.2) is 40.8 Å². The van der Waals surface area contributed by atoms with Gasteiger partial charge in [0.2, 0.25) is 0 Å². The second kappa shape index (κ2) is 7.66. The molecule has 0 atom stereocenters. The van der Waals surface area contributed by atoms with E-state index in [1.54, 1.807) is 0 Å². The van der Waals surface area contributed by atoms with Gasteiger partial charge in [0.25, 0.3) is 5.91 Å². The van der Waals surface area contributed by atoms with Gasteiger partial charge in [-0.3, -0.25) is 9.78 Å². The number of amides is 1.